The van der Waals surface area contributed by atoms with E-state index < -0.39 is 0 Å². The Morgan fingerprint density at radius 1 is 0.973 bits per heavy atom. The fourth-order valence-corrected chi connectivity index (χ4v) is 5.07. The summed E-state index contributed by atoms with van der Waals surface area (Å²) in [5.74, 6) is 0.544. The summed E-state index contributed by atoms with van der Waals surface area (Å²) in [6.45, 7) is 4.84. The van der Waals surface area contributed by atoms with Gasteiger partial charge in [0.1, 0.15) is 5.58 Å². The summed E-state index contributed by atoms with van der Waals surface area (Å²) in [5.41, 5.74) is 4.85. The molecule has 190 valence electrons. The third kappa shape index (κ3) is 6.21. The van der Waals surface area contributed by atoms with E-state index in [1.54, 1.807) is 6.07 Å². The molecule has 0 saturated carbocycles. The second-order valence-electron chi connectivity index (χ2n) is 9.55. The van der Waals surface area contributed by atoms with E-state index in [4.69, 9.17) is 16.0 Å². The molecule has 0 radical (unpaired) electrons. The van der Waals surface area contributed by atoms with Crippen LogP contribution in [0.2, 0.25) is 5.02 Å². The summed E-state index contributed by atoms with van der Waals surface area (Å²) in [4.78, 5) is 26.5. The molecule has 2 N–H and O–H groups in total. The molecule has 6 nitrogen and oxygen atoms in total. The number of carbonyl (C=O) groups excluding carboxylic acids is 2. The van der Waals surface area contributed by atoms with Crippen molar-refractivity contribution in [1.29, 1.82) is 0 Å². The number of fused-ring (bicyclic) bond motifs is 1. The van der Waals surface area contributed by atoms with Crippen LogP contribution in [0.3, 0.4) is 0 Å². The van der Waals surface area contributed by atoms with Crippen LogP contribution in [-0.4, -0.2) is 42.9 Å². The van der Waals surface area contributed by atoms with Gasteiger partial charge < -0.3 is 20.0 Å². The summed E-state index contributed by atoms with van der Waals surface area (Å²) in [5, 5.41) is 7.45. The number of rotatable bonds is 7. The fraction of sp³-hybridized carbons (Fsp3) is 0.267. The van der Waals surface area contributed by atoms with E-state index in [1.807, 2.05) is 54.6 Å². The first-order valence-corrected chi connectivity index (χ1v) is 13.0. The number of nitrogens with zero attached hydrogens (tertiary/aromatic N) is 1. The lowest BCUT2D eigenvalue weighted by Crippen LogP contribution is -2.39. The average Bonchev–Trinajstić information content (AvgIpc) is 3.33. The van der Waals surface area contributed by atoms with Gasteiger partial charge in [-0.05, 0) is 84.9 Å². The van der Waals surface area contributed by atoms with Gasteiger partial charge >= 0.3 is 0 Å². The Balaban J connectivity index is 1.11. The zero-order valence-electron chi connectivity index (χ0n) is 20.8. The Bertz CT molecular complexity index is 1410. The van der Waals surface area contributed by atoms with Crippen LogP contribution in [-0.2, 0) is 4.79 Å². The van der Waals surface area contributed by atoms with Gasteiger partial charge in [0.25, 0.3) is 5.91 Å². The highest BCUT2D eigenvalue weighted by Crippen LogP contribution is 2.30. The van der Waals surface area contributed by atoms with Gasteiger partial charge in [0.2, 0.25) is 5.91 Å². The van der Waals surface area contributed by atoms with Crippen molar-refractivity contribution in [2.24, 2.45) is 0 Å². The lowest BCUT2D eigenvalue weighted by molar-refractivity contribution is -0.114. The number of carbonyl (C=O) groups is 2. The maximum atomic E-state index is 12.7. The number of furan rings is 1. The largest absolute Gasteiger partial charge is 0.451 e. The third-order valence-corrected chi connectivity index (χ3v) is 7.15. The number of hydrogen-bond acceptors (Lipinski definition) is 4. The molecule has 1 saturated heterocycles. The molecule has 0 unspecified atom stereocenters. The molecule has 0 aliphatic carbocycles. The Hall–Kier alpha value is -3.61. The molecule has 1 aliphatic rings. The van der Waals surface area contributed by atoms with Crippen molar-refractivity contribution < 1.29 is 14.0 Å². The monoisotopic (exact) mass is 515 g/mol. The quantitative estimate of drug-likeness (QED) is 0.302. The van der Waals surface area contributed by atoms with Crippen molar-refractivity contribution in [3.8, 4) is 11.1 Å². The minimum Gasteiger partial charge on any atom is -0.451 e. The molecule has 4 aromatic rings. The number of hydrogen-bond donors (Lipinski definition) is 2. The third-order valence-electron chi connectivity index (χ3n) is 6.90. The highest BCUT2D eigenvalue weighted by atomic mass is 35.5. The molecular weight excluding hydrogens is 486 g/mol. The number of likely N-dealkylation sites (tertiary alicyclic amines) is 1. The van der Waals surface area contributed by atoms with Gasteiger partial charge in [-0.2, -0.15) is 0 Å². The van der Waals surface area contributed by atoms with Crippen LogP contribution < -0.4 is 10.6 Å². The van der Waals surface area contributed by atoms with Crippen molar-refractivity contribution in [2.75, 3.05) is 31.5 Å². The standard InChI is InChI=1S/C30H30ClN3O3/c1-20(35)33-27-4-2-3-23(17-27)22-11-14-34(15-12-22)16-13-32-30(36)29-19-25-6-5-24(18-28(25)37-29)21-7-9-26(31)10-8-21/h2-10,17-19,22H,11-16H2,1H3,(H,32,36)(H,33,35). The van der Waals surface area contributed by atoms with E-state index in [9.17, 15) is 9.59 Å². The second-order valence-corrected chi connectivity index (χ2v) is 9.99. The molecule has 3 aromatic carbocycles. The Morgan fingerprint density at radius 3 is 2.49 bits per heavy atom. The molecule has 0 spiro atoms. The molecule has 0 atom stereocenters. The lowest BCUT2D eigenvalue weighted by Gasteiger charge is -2.32. The van der Waals surface area contributed by atoms with Crippen LogP contribution in [0.15, 0.2) is 77.2 Å². The minimum atomic E-state index is -0.200. The maximum absolute atomic E-state index is 12.7. The molecule has 5 rings (SSSR count). The Morgan fingerprint density at radius 2 is 1.73 bits per heavy atom. The van der Waals surface area contributed by atoms with Gasteiger partial charge in [-0.1, -0.05) is 48.0 Å². The van der Waals surface area contributed by atoms with E-state index in [1.165, 1.54) is 12.5 Å². The number of amides is 2. The van der Waals surface area contributed by atoms with E-state index in [0.717, 1.165) is 54.7 Å². The van der Waals surface area contributed by atoms with Gasteiger partial charge in [-0.3, -0.25) is 9.59 Å². The number of halogens is 1. The van der Waals surface area contributed by atoms with Crippen LogP contribution in [0.5, 0.6) is 0 Å². The zero-order valence-corrected chi connectivity index (χ0v) is 21.6. The van der Waals surface area contributed by atoms with E-state index in [-0.39, 0.29) is 11.8 Å². The molecule has 1 aromatic heterocycles. The van der Waals surface area contributed by atoms with Crippen LogP contribution in [0.1, 0.15) is 41.8 Å². The predicted octanol–water partition coefficient (Wildman–Crippen LogP) is 6.32. The second kappa shape index (κ2) is 11.2. The first-order valence-electron chi connectivity index (χ1n) is 12.6. The molecule has 2 heterocycles. The SMILES string of the molecule is CC(=O)Nc1cccc(C2CCN(CCNC(=O)c3cc4ccc(-c5ccc(Cl)cc5)cc4o3)CC2)c1. The van der Waals surface area contributed by atoms with Gasteiger partial charge in [0.15, 0.2) is 5.76 Å². The van der Waals surface area contributed by atoms with Crippen molar-refractivity contribution in [3.05, 3.63) is 89.1 Å². The average molecular weight is 516 g/mol. The molecule has 37 heavy (non-hydrogen) atoms. The topological polar surface area (TPSA) is 74.6 Å². The summed E-state index contributed by atoms with van der Waals surface area (Å²) in [7, 11) is 0. The van der Waals surface area contributed by atoms with E-state index in [0.29, 0.717) is 28.8 Å². The predicted molar refractivity (Wildman–Crippen MR) is 148 cm³/mol. The molecule has 1 aliphatic heterocycles. The van der Waals surface area contributed by atoms with Gasteiger partial charge in [0.05, 0.1) is 0 Å². The van der Waals surface area contributed by atoms with Crippen LogP contribution in [0.4, 0.5) is 5.69 Å². The maximum Gasteiger partial charge on any atom is 0.287 e. The van der Waals surface area contributed by atoms with Gasteiger partial charge in [0, 0.05) is 36.1 Å². The van der Waals surface area contributed by atoms with Crippen LogP contribution in [0, 0.1) is 0 Å². The normalized spacial score (nSPS) is 14.5. The fourth-order valence-electron chi connectivity index (χ4n) is 4.94. The van der Waals surface area contributed by atoms with E-state index in [2.05, 4.69) is 27.7 Å². The van der Waals surface area contributed by atoms with Crippen molar-refractivity contribution in [1.82, 2.24) is 10.2 Å². The van der Waals surface area contributed by atoms with Crippen molar-refractivity contribution >= 4 is 40.1 Å². The highest BCUT2D eigenvalue weighted by molar-refractivity contribution is 6.30. The molecule has 0 bridgehead atoms. The summed E-state index contributed by atoms with van der Waals surface area (Å²) in [6.07, 6.45) is 2.11. The van der Waals surface area contributed by atoms with Crippen molar-refractivity contribution in [2.45, 2.75) is 25.7 Å². The Labute approximate surface area is 221 Å². The Kier molecular flexibility index (Phi) is 7.58. The lowest BCUT2D eigenvalue weighted by atomic mass is 9.89. The first-order chi connectivity index (χ1) is 17.9. The van der Waals surface area contributed by atoms with Crippen LogP contribution in [0.25, 0.3) is 22.1 Å². The van der Waals surface area contributed by atoms with Gasteiger partial charge in [-0.15, -0.1) is 0 Å². The zero-order chi connectivity index (χ0) is 25.8. The highest BCUT2D eigenvalue weighted by Gasteiger charge is 2.21. The van der Waals surface area contributed by atoms with Crippen LogP contribution >= 0.6 is 11.6 Å². The molecule has 7 heteroatoms. The molecule has 1 fully saturated rings. The summed E-state index contributed by atoms with van der Waals surface area (Å²) in [6, 6.07) is 23.5. The van der Waals surface area contributed by atoms with E-state index >= 15 is 0 Å². The van der Waals surface area contributed by atoms with Gasteiger partial charge in [-0.25, -0.2) is 0 Å². The smallest absolute Gasteiger partial charge is 0.287 e. The number of benzene rings is 3. The minimum absolute atomic E-state index is 0.0562. The number of anilines is 1. The number of nitrogens with one attached hydrogen (secondary N) is 2. The number of piperidine rings is 1. The summed E-state index contributed by atoms with van der Waals surface area (Å²) >= 11 is 6.00. The van der Waals surface area contributed by atoms with Crippen molar-refractivity contribution in [3.63, 3.8) is 0 Å². The molecule has 2 amide bonds. The first kappa shape index (κ1) is 25.1. The summed E-state index contributed by atoms with van der Waals surface area (Å²) < 4.78 is 5.88. The molecular formula is C30H30ClN3O3.